The van der Waals surface area contributed by atoms with Crippen molar-refractivity contribution in [3.05, 3.63) is 11.1 Å². The van der Waals surface area contributed by atoms with Crippen LogP contribution in [-0.4, -0.2) is 46.2 Å². The molecule has 0 aromatic rings. The quantitative estimate of drug-likeness (QED) is 0.848. The maximum atomic E-state index is 4.88. The van der Waals surface area contributed by atoms with Gasteiger partial charge in [-0.1, -0.05) is 36.4 Å². The monoisotopic (exact) mass is 322 g/mol. The molecular weight excluding hydrogens is 300 g/mol. The zero-order chi connectivity index (χ0) is 14.1. The number of thioether (sulfide) groups is 2. The Morgan fingerprint density at radius 3 is 3.19 bits per heavy atom. The molecule has 4 aliphatic rings. The fraction of sp³-hybridized carbons (Fsp3) is 0.733. The maximum absolute atomic E-state index is 4.88. The summed E-state index contributed by atoms with van der Waals surface area (Å²) >= 11 is 3.66. The van der Waals surface area contributed by atoms with Gasteiger partial charge >= 0.3 is 0 Å². The van der Waals surface area contributed by atoms with Gasteiger partial charge in [0, 0.05) is 24.5 Å². The van der Waals surface area contributed by atoms with E-state index < -0.39 is 0 Å². The van der Waals surface area contributed by atoms with E-state index in [4.69, 9.17) is 4.99 Å². The van der Waals surface area contributed by atoms with Gasteiger partial charge in [-0.2, -0.15) is 0 Å². The average molecular weight is 323 g/mol. The summed E-state index contributed by atoms with van der Waals surface area (Å²) in [6, 6.07) is 1.16. The Kier molecular flexibility index (Phi) is 4.16. The molecule has 0 amide bonds. The summed E-state index contributed by atoms with van der Waals surface area (Å²) in [5, 5.41) is 8.28. The van der Waals surface area contributed by atoms with Crippen molar-refractivity contribution in [2.75, 3.05) is 18.8 Å². The van der Waals surface area contributed by atoms with Crippen LogP contribution in [0.2, 0.25) is 0 Å². The second-order valence-electron chi connectivity index (χ2n) is 6.08. The summed E-state index contributed by atoms with van der Waals surface area (Å²) in [7, 11) is 0. The zero-order valence-corrected chi connectivity index (χ0v) is 13.9. The Morgan fingerprint density at radius 1 is 1.29 bits per heavy atom. The lowest BCUT2D eigenvalue weighted by Crippen LogP contribution is -2.36. The van der Waals surface area contributed by atoms with Crippen molar-refractivity contribution in [1.29, 1.82) is 0 Å². The summed E-state index contributed by atoms with van der Waals surface area (Å²) in [6.45, 7) is 2.12. The number of nitrogens with zero attached hydrogens (tertiary/aromatic N) is 3. The third-order valence-corrected chi connectivity index (χ3v) is 6.48. The summed E-state index contributed by atoms with van der Waals surface area (Å²) < 4.78 is 0. The largest absolute Gasteiger partial charge is 0.360 e. The number of amidine groups is 2. The van der Waals surface area contributed by atoms with Gasteiger partial charge in [-0.05, 0) is 31.1 Å². The molecule has 3 heterocycles. The van der Waals surface area contributed by atoms with Crippen molar-refractivity contribution in [3.63, 3.8) is 0 Å². The van der Waals surface area contributed by atoms with Gasteiger partial charge in [0.25, 0.3) is 0 Å². The van der Waals surface area contributed by atoms with Gasteiger partial charge in [0.1, 0.15) is 0 Å². The molecule has 6 heteroatoms. The Morgan fingerprint density at radius 2 is 2.24 bits per heavy atom. The molecule has 2 atom stereocenters. The van der Waals surface area contributed by atoms with E-state index in [2.05, 4.69) is 20.6 Å². The van der Waals surface area contributed by atoms with Crippen molar-refractivity contribution >= 4 is 33.9 Å². The number of aliphatic imine (C=N–C) groups is 2. The minimum Gasteiger partial charge on any atom is -0.360 e. The van der Waals surface area contributed by atoms with Gasteiger partial charge in [-0.15, -0.1) is 0 Å². The molecule has 0 aromatic heterocycles. The van der Waals surface area contributed by atoms with E-state index in [0.29, 0.717) is 12.1 Å². The van der Waals surface area contributed by atoms with Gasteiger partial charge < -0.3 is 10.2 Å². The van der Waals surface area contributed by atoms with Crippen molar-refractivity contribution in [1.82, 2.24) is 10.2 Å². The molecule has 1 aliphatic carbocycles. The van der Waals surface area contributed by atoms with Crippen molar-refractivity contribution in [2.45, 2.75) is 50.6 Å². The zero-order valence-electron chi connectivity index (χ0n) is 12.3. The van der Waals surface area contributed by atoms with Crippen LogP contribution in [0.3, 0.4) is 0 Å². The van der Waals surface area contributed by atoms with E-state index in [1.807, 2.05) is 11.8 Å². The van der Waals surface area contributed by atoms with Crippen LogP contribution < -0.4 is 5.32 Å². The molecule has 0 saturated heterocycles. The highest BCUT2D eigenvalue weighted by Crippen LogP contribution is 2.32. The lowest BCUT2D eigenvalue weighted by atomic mass is 9.92. The molecule has 1 N–H and O–H groups in total. The molecule has 114 valence electrons. The number of rotatable bonds is 2. The number of hydrogen-bond donors (Lipinski definition) is 1. The molecule has 3 aliphatic heterocycles. The van der Waals surface area contributed by atoms with Crippen LogP contribution in [0.5, 0.6) is 0 Å². The van der Waals surface area contributed by atoms with Crippen LogP contribution >= 0.6 is 23.5 Å². The number of nitrogens with one attached hydrogen (secondary N) is 1. The van der Waals surface area contributed by atoms with Crippen molar-refractivity contribution < 1.29 is 0 Å². The Bertz CT molecular complexity index is 500. The first-order valence-electron chi connectivity index (χ1n) is 8.05. The van der Waals surface area contributed by atoms with E-state index in [-0.39, 0.29) is 0 Å². The van der Waals surface area contributed by atoms with Crippen LogP contribution in [0.25, 0.3) is 0 Å². The van der Waals surface area contributed by atoms with E-state index >= 15 is 0 Å². The second-order valence-corrected chi connectivity index (χ2v) is 7.88. The molecule has 4 nitrogen and oxygen atoms in total. The second kappa shape index (κ2) is 6.24. The first-order valence-corrected chi connectivity index (χ1v) is 9.91. The summed E-state index contributed by atoms with van der Waals surface area (Å²) in [6.07, 6.45) is 7.73. The van der Waals surface area contributed by atoms with Gasteiger partial charge in [0.2, 0.25) is 0 Å². The molecule has 0 bridgehead atoms. The first kappa shape index (κ1) is 14.0. The lowest BCUT2D eigenvalue weighted by molar-refractivity contribution is 0.385. The van der Waals surface area contributed by atoms with Crippen LogP contribution in [-0.2, 0) is 0 Å². The van der Waals surface area contributed by atoms with E-state index in [9.17, 15) is 0 Å². The predicted molar refractivity (Wildman–Crippen MR) is 93.0 cm³/mol. The Labute approximate surface area is 134 Å². The minimum atomic E-state index is 0.545. The molecule has 0 unspecified atom stereocenters. The molecule has 0 spiro atoms. The molecule has 1 fully saturated rings. The van der Waals surface area contributed by atoms with Crippen LogP contribution in [0.4, 0.5) is 0 Å². The molecule has 0 aromatic carbocycles. The Balaban J connectivity index is 1.35. The fourth-order valence-electron chi connectivity index (χ4n) is 3.40. The van der Waals surface area contributed by atoms with Crippen molar-refractivity contribution in [2.24, 2.45) is 9.98 Å². The highest BCUT2D eigenvalue weighted by atomic mass is 32.2. The first-order chi connectivity index (χ1) is 10.4. The van der Waals surface area contributed by atoms with Gasteiger partial charge in [-0.25, -0.2) is 0 Å². The standard InChI is InChI=1S/C15H22N4S2/c1-2-6-13-12(5-1)17-14(18-13)20-9-11-10-21-15-16-7-3-4-8-19(11)15/h10,12-13H,1-9H2,(H,17,18)/t12-,13-/m0/s1. The highest BCUT2D eigenvalue weighted by molar-refractivity contribution is 8.17. The van der Waals surface area contributed by atoms with E-state index in [1.165, 1.54) is 49.4 Å². The van der Waals surface area contributed by atoms with E-state index in [0.717, 1.165) is 24.0 Å². The SMILES string of the molecule is C1=C(CSC2=N[C@H]3CCCC[C@@H]3N2)N2CCCCN=C2S1. The van der Waals surface area contributed by atoms with Crippen LogP contribution in [0.15, 0.2) is 21.1 Å². The smallest absolute Gasteiger partial charge is 0.167 e. The third-order valence-electron chi connectivity index (χ3n) is 4.59. The summed E-state index contributed by atoms with van der Waals surface area (Å²) in [5.74, 6) is 1.01. The third kappa shape index (κ3) is 2.97. The highest BCUT2D eigenvalue weighted by Gasteiger charge is 2.31. The predicted octanol–water partition coefficient (Wildman–Crippen LogP) is 3.03. The number of fused-ring (bicyclic) bond motifs is 2. The topological polar surface area (TPSA) is 40.0 Å². The Hall–Kier alpha value is -0.620. The van der Waals surface area contributed by atoms with Crippen LogP contribution in [0, 0.1) is 0 Å². The molecule has 21 heavy (non-hydrogen) atoms. The van der Waals surface area contributed by atoms with Gasteiger partial charge in [0.05, 0.1) is 12.1 Å². The molecular formula is C15H22N4S2. The van der Waals surface area contributed by atoms with Crippen molar-refractivity contribution in [3.8, 4) is 0 Å². The van der Waals surface area contributed by atoms with Crippen LogP contribution in [0.1, 0.15) is 38.5 Å². The molecule has 1 saturated carbocycles. The minimum absolute atomic E-state index is 0.545. The summed E-state index contributed by atoms with van der Waals surface area (Å²) in [4.78, 5) is 12.0. The fourth-order valence-corrected chi connectivity index (χ4v) is 5.43. The maximum Gasteiger partial charge on any atom is 0.167 e. The van der Waals surface area contributed by atoms with Gasteiger partial charge in [0.15, 0.2) is 10.3 Å². The normalized spacial score (nSPS) is 31.6. The van der Waals surface area contributed by atoms with E-state index in [1.54, 1.807) is 11.8 Å². The molecule has 0 radical (unpaired) electrons. The average Bonchev–Trinajstić information content (AvgIpc) is 3.01. The van der Waals surface area contributed by atoms with Gasteiger partial charge in [-0.3, -0.25) is 9.98 Å². The lowest BCUT2D eigenvalue weighted by Gasteiger charge is -2.23. The summed E-state index contributed by atoms with van der Waals surface area (Å²) in [5.41, 5.74) is 1.41. The molecule has 4 rings (SSSR count). The number of hydrogen-bond acceptors (Lipinski definition) is 6.